The molecule has 644 valence electrons. The maximum Gasteiger partial charge on any atom is 0.342 e. The molecule has 0 saturated carbocycles. The standard InChI is InChI=1S/C75H56O48/c76-27-1-18(2-28(77)46(27)90)65(103)112-16-42-55(99)61(118-66(104)19-3-29(78)47(91)30(79)4-19)63(74(115-42)122-69(107)22-9-35(84)50(94)36(85)10-22)121-73(111)26-14-40(89)53(97)58(102)59(26)114-41-15-25-45(57(101)54(41)98)44-24(13-39(88)52(96)56(44)100)72(110)117-60-43(17-113-71(25)109)116-75(123-70(108)23-11-37(86)51(95)38(87)12-23)64(120-68(106)21-7-33(82)49(93)34(83)8-21)62(60)119-67(105)20-5-31(80)48(92)32(81)6-20/h1-15,42-43,55,60-64,74-102H,16-17H2/t42-,43+,55-,60-,61+,62-,63-,64+,74+,75-/m1/s1. The lowest BCUT2D eigenvalue weighted by Gasteiger charge is -2.43. The van der Waals surface area contributed by atoms with Gasteiger partial charge in [0.15, 0.2) is 156 Å². The van der Waals surface area contributed by atoms with E-state index in [2.05, 4.69) is 0 Å². The van der Waals surface area contributed by atoms with E-state index >= 15 is 14.4 Å². The summed E-state index contributed by atoms with van der Waals surface area (Å²) in [4.78, 5) is 130. The number of ether oxygens (including phenoxy) is 12. The molecule has 48 nitrogen and oxygen atoms in total. The molecule has 12 rings (SSSR count). The molecule has 0 aromatic heterocycles. The molecule has 2 fully saturated rings. The van der Waals surface area contributed by atoms with Crippen molar-refractivity contribution >= 4 is 53.7 Å². The van der Waals surface area contributed by atoms with Crippen LogP contribution in [0.15, 0.2) is 91.0 Å². The van der Waals surface area contributed by atoms with Crippen molar-refractivity contribution in [3.63, 3.8) is 0 Å². The van der Waals surface area contributed by atoms with Crippen LogP contribution in [0.4, 0.5) is 0 Å². The SMILES string of the molecule is O=C(OC[C@H]1O[C@@H](OC(=O)c2cc(O)c(O)c(O)c2)[C@H](OC(=O)c2cc(O)c(O)c(O)c2Oc2cc3c(c(O)c2O)-c2c(cc(O)c(O)c2O)C(=O)O[C@H]2[C@@H](OC(=O)c4cc(O)c(O)c(O)c4)[C@H](OC(=O)c4cc(O)c(O)c(O)c4)[C@@H](OC(=O)c4cc(O)c(O)c(O)c4)O[C@H]2COC3=O)[C@@H](OC(=O)c2cc(O)c(O)c(O)c2)[C@@H]1O)c1cc(O)c(O)c(O)c1. The Balaban J connectivity index is 0.972. The topological polar surface area (TPSA) is 811 Å². The van der Waals surface area contributed by atoms with E-state index in [0.29, 0.717) is 72.8 Å². The van der Waals surface area contributed by atoms with Gasteiger partial charge in [0.2, 0.25) is 47.8 Å². The Hall–Kier alpha value is -17.3. The number of carbonyl (C=O) groups excluding carboxylic acids is 9. The first-order valence-electron chi connectivity index (χ1n) is 34.0. The number of rotatable bonds is 17. The van der Waals surface area contributed by atoms with Gasteiger partial charge < -0.3 is 195 Å². The Bertz CT molecular complexity index is 5810. The molecule has 10 atom stereocenters. The number of benzene rings is 9. The summed E-state index contributed by atoms with van der Waals surface area (Å²) >= 11 is 0. The van der Waals surface area contributed by atoms with Crippen LogP contribution in [0.25, 0.3) is 11.1 Å². The van der Waals surface area contributed by atoms with E-state index in [4.69, 9.17) is 56.8 Å². The third kappa shape index (κ3) is 16.2. The predicted octanol–water partition coefficient (Wildman–Crippen LogP) is 2.77. The fourth-order valence-corrected chi connectivity index (χ4v) is 12.2. The zero-order chi connectivity index (χ0) is 90.0. The normalized spacial score (nSPS) is 19.1. The van der Waals surface area contributed by atoms with Gasteiger partial charge in [0.05, 0.1) is 44.5 Å². The molecule has 27 N–H and O–H groups in total. The van der Waals surface area contributed by atoms with E-state index in [1.54, 1.807) is 0 Å². The van der Waals surface area contributed by atoms with Crippen LogP contribution in [0, 0.1) is 0 Å². The van der Waals surface area contributed by atoms with Gasteiger partial charge in [-0.2, -0.15) is 0 Å². The summed E-state index contributed by atoms with van der Waals surface area (Å²) in [5.41, 5.74) is -12.9. The smallest absolute Gasteiger partial charge is 0.342 e. The number of phenolic OH excluding ortho intramolecular Hbond substituents is 26. The van der Waals surface area contributed by atoms with Crippen molar-refractivity contribution in [3.8, 4) is 172 Å². The Kier molecular flexibility index (Phi) is 22.6. The molecule has 0 amide bonds. The molecule has 48 heteroatoms. The van der Waals surface area contributed by atoms with E-state index in [0.717, 1.165) is 0 Å². The second kappa shape index (κ2) is 32.6. The largest absolute Gasteiger partial charge is 0.504 e. The number of phenols is 26. The van der Waals surface area contributed by atoms with E-state index < -0.39 is 351 Å². The van der Waals surface area contributed by atoms with Gasteiger partial charge in [-0.05, 0) is 78.9 Å². The van der Waals surface area contributed by atoms with E-state index in [-0.39, 0.29) is 18.2 Å². The molecule has 0 spiro atoms. The molecule has 9 aromatic rings. The van der Waals surface area contributed by atoms with Gasteiger partial charge in [0.25, 0.3) is 0 Å². The lowest BCUT2D eigenvalue weighted by Crippen LogP contribution is -2.63. The average Bonchev–Trinajstić information content (AvgIpc) is 1.64. The summed E-state index contributed by atoms with van der Waals surface area (Å²) in [5, 5.41) is 289. The van der Waals surface area contributed by atoms with Crippen LogP contribution < -0.4 is 4.74 Å². The minimum atomic E-state index is -2.90. The van der Waals surface area contributed by atoms with E-state index in [9.17, 15) is 167 Å². The maximum atomic E-state index is 15.2. The highest BCUT2D eigenvalue weighted by molar-refractivity contribution is 6.09. The fraction of sp³-hybridized carbons (Fsp3) is 0.160. The lowest BCUT2D eigenvalue weighted by molar-refractivity contribution is -0.283. The summed E-state index contributed by atoms with van der Waals surface area (Å²) in [6.45, 7) is -3.00. The number of aromatic hydroxyl groups is 26. The van der Waals surface area contributed by atoms with E-state index in [1.165, 1.54) is 0 Å². The highest BCUT2D eigenvalue weighted by atomic mass is 16.8. The monoisotopic (exact) mass is 1720 g/mol. The van der Waals surface area contributed by atoms with Gasteiger partial charge >= 0.3 is 53.7 Å². The van der Waals surface area contributed by atoms with Gasteiger partial charge in [-0.15, -0.1) is 0 Å². The van der Waals surface area contributed by atoms with Gasteiger partial charge in [0, 0.05) is 23.3 Å². The quantitative estimate of drug-likeness (QED) is 0.0354. The third-order valence-corrected chi connectivity index (χ3v) is 18.3. The maximum absolute atomic E-state index is 15.2. The predicted molar refractivity (Wildman–Crippen MR) is 381 cm³/mol. The summed E-state index contributed by atoms with van der Waals surface area (Å²) in [6.07, 6.45) is -27.3. The summed E-state index contributed by atoms with van der Waals surface area (Å²) in [5.74, 6) is -56.2. The van der Waals surface area contributed by atoms with Crippen LogP contribution in [0.3, 0.4) is 0 Å². The lowest BCUT2D eigenvalue weighted by atomic mass is 9.91. The minimum absolute atomic E-state index is 0.117. The molecule has 0 aliphatic carbocycles. The number of hydrogen-bond acceptors (Lipinski definition) is 48. The molecular formula is C75H56O48. The van der Waals surface area contributed by atoms with Gasteiger partial charge in [-0.25, -0.2) is 43.2 Å². The summed E-state index contributed by atoms with van der Waals surface area (Å²) in [6, 6.07) is 5.90. The summed E-state index contributed by atoms with van der Waals surface area (Å²) in [7, 11) is 0. The number of fused-ring (bicyclic) bond motifs is 4. The number of aliphatic hydroxyl groups excluding tert-OH is 1. The molecule has 9 aromatic carbocycles. The Morgan fingerprint density at radius 2 is 0.634 bits per heavy atom. The van der Waals surface area contributed by atoms with Gasteiger partial charge in [0.1, 0.15) is 37.1 Å². The highest BCUT2D eigenvalue weighted by Gasteiger charge is 2.57. The second-order valence-electron chi connectivity index (χ2n) is 26.2. The molecule has 3 heterocycles. The Morgan fingerprint density at radius 3 is 1.05 bits per heavy atom. The van der Waals surface area contributed by atoms with Crippen molar-refractivity contribution in [1.82, 2.24) is 0 Å². The number of hydrogen-bond donors (Lipinski definition) is 27. The first-order valence-corrected chi connectivity index (χ1v) is 34.0. The van der Waals surface area contributed by atoms with Gasteiger partial charge in [-0.1, -0.05) is 0 Å². The minimum Gasteiger partial charge on any atom is -0.504 e. The average molecular weight is 1730 g/mol. The molecule has 0 radical (unpaired) electrons. The Morgan fingerprint density at radius 1 is 0.317 bits per heavy atom. The summed E-state index contributed by atoms with van der Waals surface area (Å²) < 4.78 is 67.4. The van der Waals surface area contributed by atoms with Crippen molar-refractivity contribution in [3.05, 3.63) is 141 Å². The van der Waals surface area contributed by atoms with Crippen molar-refractivity contribution in [2.75, 3.05) is 13.2 Å². The molecular weight excluding hydrogens is 1670 g/mol. The number of esters is 9. The van der Waals surface area contributed by atoms with Crippen LogP contribution in [-0.2, 0) is 52.1 Å². The first-order chi connectivity index (χ1) is 57.8. The van der Waals surface area contributed by atoms with Crippen molar-refractivity contribution in [1.29, 1.82) is 0 Å². The molecule has 2 saturated heterocycles. The fourth-order valence-electron chi connectivity index (χ4n) is 12.2. The molecule has 0 unspecified atom stereocenters. The van der Waals surface area contributed by atoms with Crippen molar-refractivity contribution < 1.29 is 238 Å². The highest BCUT2D eigenvalue weighted by Crippen LogP contribution is 2.57. The van der Waals surface area contributed by atoms with Crippen molar-refractivity contribution in [2.24, 2.45) is 0 Å². The zero-order valence-corrected chi connectivity index (χ0v) is 60.5. The van der Waals surface area contributed by atoms with Crippen LogP contribution in [-0.4, -0.2) is 266 Å². The molecule has 0 bridgehead atoms. The number of cyclic esters (lactones) is 1. The second-order valence-corrected chi connectivity index (χ2v) is 26.2. The number of aliphatic hydroxyl groups is 1. The van der Waals surface area contributed by atoms with Crippen LogP contribution in [0.2, 0.25) is 0 Å². The Labute approximate surface area is 677 Å². The van der Waals surface area contributed by atoms with Crippen LogP contribution in [0.5, 0.6) is 161 Å². The van der Waals surface area contributed by atoms with Crippen LogP contribution >= 0.6 is 0 Å². The van der Waals surface area contributed by atoms with Crippen LogP contribution in [0.1, 0.15) is 93.2 Å². The first kappa shape index (κ1) is 85.1. The van der Waals surface area contributed by atoms with Crippen molar-refractivity contribution in [2.45, 2.75) is 61.4 Å². The molecule has 3 aliphatic heterocycles. The molecule has 123 heavy (non-hydrogen) atoms. The zero-order valence-electron chi connectivity index (χ0n) is 60.5. The molecule has 3 aliphatic rings. The third-order valence-electron chi connectivity index (χ3n) is 18.3. The van der Waals surface area contributed by atoms with E-state index in [1.807, 2.05) is 0 Å². The van der Waals surface area contributed by atoms with Gasteiger partial charge in [-0.3, -0.25) is 0 Å². The number of carbonyl (C=O) groups is 9.